The van der Waals surface area contributed by atoms with Crippen LogP contribution in [0.4, 0.5) is 5.13 Å². The maximum atomic E-state index is 12.3. The summed E-state index contributed by atoms with van der Waals surface area (Å²) in [6, 6.07) is 12.2. The summed E-state index contributed by atoms with van der Waals surface area (Å²) in [5.74, 6) is 0.687. The lowest BCUT2D eigenvalue weighted by molar-refractivity contribution is -0.115. The Morgan fingerprint density at radius 3 is 2.58 bits per heavy atom. The van der Waals surface area contributed by atoms with E-state index in [1.54, 1.807) is 56.7 Å². The van der Waals surface area contributed by atoms with Crippen LogP contribution in [0.2, 0.25) is 5.02 Å². The van der Waals surface area contributed by atoms with Crippen LogP contribution in [0.1, 0.15) is 20.9 Å². The van der Waals surface area contributed by atoms with Crippen LogP contribution < -0.4 is 20.1 Å². The van der Waals surface area contributed by atoms with Gasteiger partial charge in [-0.2, -0.15) is 0 Å². The summed E-state index contributed by atoms with van der Waals surface area (Å²) in [5, 5.41) is 15.1. The van der Waals surface area contributed by atoms with Gasteiger partial charge >= 0.3 is 0 Å². The van der Waals surface area contributed by atoms with Crippen LogP contribution in [0, 0.1) is 0 Å². The lowest BCUT2D eigenvalue weighted by Gasteiger charge is -2.09. The number of hydrogen-bond donors (Lipinski definition) is 2. The Hall–Kier alpha value is -3.17. The van der Waals surface area contributed by atoms with E-state index in [0.717, 1.165) is 5.56 Å². The second-order valence-corrected chi connectivity index (χ2v) is 7.87. The number of ether oxygens (including phenoxy) is 2. The maximum Gasteiger partial charge on any atom is 0.252 e. The standard InChI is InChI=1S/C21H21ClN4O4S/c1-29-16-8-7-13(11-17(16)30-2)12-18(27)24-21-26-25-19(31-21)9-10-23-20(28)14-5-3-4-6-15(14)22/h3-8,11H,9-10,12H2,1-2H3,(H,23,28)(H,24,26,27). The third-order valence-electron chi connectivity index (χ3n) is 4.27. The summed E-state index contributed by atoms with van der Waals surface area (Å²) >= 11 is 7.28. The molecule has 0 saturated carbocycles. The zero-order chi connectivity index (χ0) is 22.2. The van der Waals surface area contributed by atoms with Gasteiger partial charge in [-0.15, -0.1) is 10.2 Å². The van der Waals surface area contributed by atoms with Gasteiger partial charge in [0.15, 0.2) is 11.5 Å². The van der Waals surface area contributed by atoms with E-state index in [1.807, 2.05) is 0 Å². The molecule has 2 amide bonds. The number of carbonyl (C=O) groups excluding carboxylic acids is 2. The smallest absolute Gasteiger partial charge is 0.252 e. The number of carbonyl (C=O) groups is 2. The van der Waals surface area contributed by atoms with E-state index in [4.69, 9.17) is 21.1 Å². The molecule has 0 aliphatic carbocycles. The van der Waals surface area contributed by atoms with Crippen molar-refractivity contribution in [3.05, 3.63) is 63.6 Å². The fourth-order valence-electron chi connectivity index (χ4n) is 2.77. The molecule has 0 atom stereocenters. The normalized spacial score (nSPS) is 10.4. The average molecular weight is 461 g/mol. The molecule has 0 aliphatic heterocycles. The van der Waals surface area contributed by atoms with E-state index in [0.29, 0.717) is 45.2 Å². The summed E-state index contributed by atoms with van der Waals surface area (Å²) in [5.41, 5.74) is 1.20. The van der Waals surface area contributed by atoms with Gasteiger partial charge in [-0.25, -0.2) is 0 Å². The second-order valence-electron chi connectivity index (χ2n) is 6.40. The third-order valence-corrected chi connectivity index (χ3v) is 5.50. The monoisotopic (exact) mass is 460 g/mol. The SMILES string of the molecule is COc1ccc(CC(=O)Nc2nnc(CCNC(=O)c3ccccc3Cl)s2)cc1OC. The first kappa shape index (κ1) is 22.5. The van der Waals surface area contributed by atoms with E-state index in [2.05, 4.69) is 20.8 Å². The van der Waals surface area contributed by atoms with E-state index < -0.39 is 0 Å². The molecule has 162 valence electrons. The van der Waals surface area contributed by atoms with Crippen LogP contribution in [-0.2, 0) is 17.6 Å². The van der Waals surface area contributed by atoms with Crippen molar-refractivity contribution in [1.82, 2.24) is 15.5 Å². The van der Waals surface area contributed by atoms with E-state index in [9.17, 15) is 9.59 Å². The lowest BCUT2D eigenvalue weighted by Crippen LogP contribution is -2.25. The van der Waals surface area contributed by atoms with Gasteiger partial charge in [0, 0.05) is 13.0 Å². The fraction of sp³-hybridized carbons (Fsp3) is 0.238. The molecule has 0 radical (unpaired) electrons. The molecule has 10 heteroatoms. The first-order chi connectivity index (χ1) is 15.0. The van der Waals surface area contributed by atoms with Crippen molar-refractivity contribution in [1.29, 1.82) is 0 Å². The number of nitrogens with one attached hydrogen (secondary N) is 2. The van der Waals surface area contributed by atoms with Crippen LogP contribution in [0.25, 0.3) is 0 Å². The van der Waals surface area contributed by atoms with E-state index in [-0.39, 0.29) is 18.2 Å². The number of hydrogen-bond acceptors (Lipinski definition) is 7. The molecule has 0 bridgehead atoms. The number of amides is 2. The van der Waals surface area contributed by atoms with Gasteiger partial charge in [-0.3, -0.25) is 9.59 Å². The summed E-state index contributed by atoms with van der Waals surface area (Å²) in [6.45, 7) is 0.373. The van der Waals surface area contributed by atoms with Gasteiger partial charge in [0.1, 0.15) is 5.01 Å². The molecule has 0 aliphatic rings. The van der Waals surface area contributed by atoms with Crippen molar-refractivity contribution in [2.75, 3.05) is 26.1 Å². The number of rotatable bonds is 9. The van der Waals surface area contributed by atoms with Crippen molar-refractivity contribution >= 4 is 39.9 Å². The summed E-state index contributed by atoms with van der Waals surface area (Å²) in [4.78, 5) is 24.5. The van der Waals surface area contributed by atoms with Crippen LogP contribution in [0.3, 0.4) is 0 Å². The molecule has 2 N–H and O–H groups in total. The highest BCUT2D eigenvalue weighted by Gasteiger charge is 2.12. The molecule has 0 unspecified atom stereocenters. The Morgan fingerprint density at radius 2 is 1.84 bits per heavy atom. The molecule has 1 aromatic heterocycles. The zero-order valence-electron chi connectivity index (χ0n) is 17.0. The predicted octanol–water partition coefficient (Wildman–Crippen LogP) is 3.36. The van der Waals surface area contributed by atoms with Gasteiger partial charge in [0.05, 0.1) is 31.2 Å². The van der Waals surface area contributed by atoms with Crippen molar-refractivity contribution < 1.29 is 19.1 Å². The highest BCUT2D eigenvalue weighted by Crippen LogP contribution is 2.28. The zero-order valence-corrected chi connectivity index (χ0v) is 18.5. The molecule has 3 rings (SSSR count). The Kier molecular flexibility index (Phi) is 7.80. The Labute approximate surface area is 188 Å². The first-order valence-corrected chi connectivity index (χ1v) is 10.6. The van der Waals surface area contributed by atoms with E-state index in [1.165, 1.54) is 11.3 Å². The number of benzene rings is 2. The number of nitrogens with zero attached hydrogens (tertiary/aromatic N) is 2. The molecule has 8 nitrogen and oxygen atoms in total. The minimum absolute atomic E-state index is 0.156. The average Bonchev–Trinajstić information content (AvgIpc) is 3.20. The minimum atomic E-state index is -0.251. The van der Waals surface area contributed by atoms with Crippen LogP contribution in [0.5, 0.6) is 11.5 Å². The van der Waals surface area contributed by atoms with Gasteiger partial charge < -0.3 is 20.1 Å². The molecule has 2 aromatic carbocycles. The lowest BCUT2D eigenvalue weighted by atomic mass is 10.1. The van der Waals surface area contributed by atoms with Crippen molar-refractivity contribution in [3.63, 3.8) is 0 Å². The molecular formula is C21H21ClN4O4S. The number of methoxy groups -OCH3 is 2. The molecule has 31 heavy (non-hydrogen) atoms. The Bertz CT molecular complexity index is 1070. The summed E-state index contributed by atoms with van der Waals surface area (Å²) < 4.78 is 10.5. The summed E-state index contributed by atoms with van der Waals surface area (Å²) in [6.07, 6.45) is 0.641. The van der Waals surface area contributed by atoms with Crippen molar-refractivity contribution in [2.45, 2.75) is 12.8 Å². The Morgan fingerprint density at radius 1 is 1.06 bits per heavy atom. The van der Waals surface area contributed by atoms with Crippen molar-refractivity contribution in [2.24, 2.45) is 0 Å². The second kappa shape index (κ2) is 10.7. The molecule has 0 saturated heterocycles. The van der Waals surface area contributed by atoms with Crippen LogP contribution >= 0.6 is 22.9 Å². The quantitative estimate of drug-likeness (QED) is 0.507. The van der Waals surface area contributed by atoms with Gasteiger partial charge in [0.2, 0.25) is 11.0 Å². The largest absolute Gasteiger partial charge is 0.493 e. The van der Waals surface area contributed by atoms with Crippen LogP contribution in [-0.4, -0.2) is 42.8 Å². The van der Waals surface area contributed by atoms with Gasteiger partial charge in [0.25, 0.3) is 5.91 Å². The Balaban J connectivity index is 1.49. The molecule has 3 aromatic rings. The third kappa shape index (κ3) is 6.16. The molecule has 1 heterocycles. The molecule has 0 fully saturated rings. The van der Waals surface area contributed by atoms with Gasteiger partial charge in [-0.1, -0.05) is 41.1 Å². The highest BCUT2D eigenvalue weighted by atomic mass is 35.5. The molecule has 0 spiro atoms. The van der Waals surface area contributed by atoms with Crippen molar-refractivity contribution in [3.8, 4) is 11.5 Å². The maximum absolute atomic E-state index is 12.3. The number of aromatic nitrogens is 2. The highest BCUT2D eigenvalue weighted by molar-refractivity contribution is 7.15. The summed E-state index contributed by atoms with van der Waals surface area (Å²) in [7, 11) is 3.10. The number of anilines is 1. The van der Waals surface area contributed by atoms with E-state index >= 15 is 0 Å². The minimum Gasteiger partial charge on any atom is -0.493 e. The fourth-order valence-corrected chi connectivity index (χ4v) is 3.75. The van der Waals surface area contributed by atoms with Crippen LogP contribution in [0.15, 0.2) is 42.5 Å². The number of halogens is 1. The molecular weight excluding hydrogens is 440 g/mol. The van der Waals surface area contributed by atoms with Gasteiger partial charge in [-0.05, 0) is 29.8 Å². The topological polar surface area (TPSA) is 102 Å². The first-order valence-electron chi connectivity index (χ1n) is 9.36. The predicted molar refractivity (Wildman–Crippen MR) is 119 cm³/mol.